The molecule has 7 heteroatoms. The van der Waals surface area contributed by atoms with Gasteiger partial charge in [0.05, 0.1) is 24.5 Å². The summed E-state index contributed by atoms with van der Waals surface area (Å²) in [7, 11) is 1.52. The zero-order chi connectivity index (χ0) is 18.1. The molecule has 0 amide bonds. The lowest BCUT2D eigenvalue weighted by Gasteiger charge is -2.08. The molecule has 3 aromatic rings. The van der Waals surface area contributed by atoms with Gasteiger partial charge in [0.2, 0.25) is 5.78 Å². The second-order valence-electron chi connectivity index (χ2n) is 5.70. The lowest BCUT2D eigenvalue weighted by Crippen LogP contribution is -2.13. The fourth-order valence-electron chi connectivity index (χ4n) is 2.86. The fraction of sp³-hybridized carbons (Fsp3) is 0.222. The van der Waals surface area contributed by atoms with Gasteiger partial charge in [0, 0.05) is 34.2 Å². The highest BCUT2D eigenvalue weighted by molar-refractivity contribution is 6.31. The molecule has 2 N–H and O–H groups in total. The van der Waals surface area contributed by atoms with Gasteiger partial charge < -0.3 is 19.2 Å². The molecule has 0 saturated heterocycles. The van der Waals surface area contributed by atoms with Gasteiger partial charge in [-0.2, -0.15) is 0 Å². The van der Waals surface area contributed by atoms with E-state index in [1.807, 2.05) is 0 Å². The summed E-state index contributed by atoms with van der Waals surface area (Å²) in [6.45, 7) is 1.75. The molecule has 3 rings (SSSR count). The number of aromatic nitrogens is 1. The molecule has 0 fully saturated rings. The lowest BCUT2D eigenvalue weighted by molar-refractivity contribution is -0.138. The number of furan rings is 1. The van der Waals surface area contributed by atoms with Crippen LogP contribution in [0.5, 0.6) is 0 Å². The highest BCUT2D eigenvalue weighted by Gasteiger charge is 2.29. The monoisotopic (exact) mass is 361 g/mol. The Hall–Kier alpha value is -2.57. The van der Waals surface area contributed by atoms with E-state index in [4.69, 9.17) is 20.8 Å². The summed E-state index contributed by atoms with van der Waals surface area (Å²) >= 11 is 6.01. The van der Waals surface area contributed by atoms with E-state index in [0.29, 0.717) is 27.1 Å². The molecule has 1 unspecified atom stereocenters. The maximum atomic E-state index is 13.0. The van der Waals surface area contributed by atoms with E-state index in [2.05, 4.69) is 4.98 Å². The fourth-order valence-corrected chi connectivity index (χ4v) is 3.03. The molecule has 0 aliphatic heterocycles. The molecule has 0 aliphatic rings. The first-order chi connectivity index (χ1) is 11.9. The van der Waals surface area contributed by atoms with E-state index in [-0.39, 0.29) is 18.1 Å². The van der Waals surface area contributed by atoms with E-state index < -0.39 is 17.7 Å². The quantitative estimate of drug-likeness (QED) is 0.648. The van der Waals surface area contributed by atoms with Crippen molar-refractivity contribution >= 4 is 34.3 Å². The van der Waals surface area contributed by atoms with Gasteiger partial charge in [-0.25, -0.2) is 0 Å². The van der Waals surface area contributed by atoms with Gasteiger partial charge in [0.15, 0.2) is 5.76 Å². The molecule has 0 aliphatic carbocycles. The van der Waals surface area contributed by atoms with Crippen molar-refractivity contribution in [1.82, 2.24) is 4.98 Å². The highest BCUT2D eigenvalue weighted by Crippen LogP contribution is 2.33. The number of carbonyl (C=O) groups excluding carboxylic acids is 1. The maximum absolute atomic E-state index is 13.0. The van der Waals surface area contributed by atoms with Crippen LogP contribution in [0.1, 0.15) is 40.2 Å². The largest absolute Gasteiger partial charge is 0.481 e. The summed E-state index contributed by atoms with van der Waals surface area (Å²) in [6, 6.07) is 6.67. The summed E-state index contributed by atoms with van der Waals surface area (Å²) < 4.78 is 10.4. The van der Waals surface area contributed by atoms with Crippen LogP contribution in [0.2, 0.25) is 5.02 Å². The third kappa shape index (κ3) is 3.06. The third-order valence-electron chi connectivity index (χ3n) is 4.08. The molecule has 0 bridgehead atoms. The van der Waals surface area contributed by atoms with E-state index in [1.54, 1.807) is 24.3 Å². The Labute approximate surface area is 148 Å². The number of carboxylic acids is 1. The average Bonchev–Trinajstić information content (AvgIpc) is 3.17. The number of carbonyl (C=O) groups is 2. The van der Waals surface area contributed by atoms with Crippen molar-refractivity contribution in [3.8, 4) is 0 Å². The van der Waals surface area contributed by atoms with Gasteiger partial charge >= 0.3 is 5.97 Å². The first-order valence-corrected chi connectivity index (χ1v) is 7.95. The highest BCUT2D eigenvalue weighted by atomic mass is 35.5. The minimum absolute atomic E-state index is 0.123. The van der Waals surface area contributed by atoms with Crippen LogP contribution in [0, 0.1) is 0 Å². The second-order valence-corrected chi connectivity index (χ2v) is 6.14. The minimum Gasteiger partial charge on any atom is -0.481 e. The van der Waals surface area contributed by atoms with E-state index in [0.717, 1.165) is 0 Å². The predicted molar refractivity (Wildman–Crippen MR) is 92.2 cm³/mol. The predicted octanol–water partition coefficient (Wildman–Crippen LogP) is 3.98. The molecule has 25 heavy (non-hydrogen) atoms. The number of rotatable bonds is 6. The third-order valence-corrected chi connectivity index (χ3v) is 4.32. The van der Waals surface area contributed by atoms with Gasteiger partial charge in [-0.15, -0.1) is 0 Å². The molecule has 1 aromatic carbocycles. The van der Waals surface area contributed by atoms with Crippen LogP contribution >= 0.6 is 11.6 Å². The molecule has 0 saturated carbocycles. The molecule has 6 nitrogen and oxygen atoms in total. The standard InChI is InChI=1S/C18H16ClNO5/c1-9(18(22)23)14-12-4-3-11(19)7-13(12)20-15(14)16(21)17-10(8-24-2)5-6-25-17/h3-7,9,20H,8H2,1-2H3,(H,22,23). The van der Waals surface area contributed by atoms with Gasteiger partial charge in [-0.05, 0) is 25.1 Å². The van der Waals surface area contributed by atoms with Crippen LogP contribution in [-0.2, 0) is 16.1 Å². The Kier molecular flexibility index (Phi) is 4.65. The number of ether oxygens (including phenoxy) is 1. The lowest BCUT2D eigenvalue weighted by atomic mass is 9.95. The number of hydrogen-bond donors (Lipinski definition) is 2. The van der Waals surface area contributed by atoms with Crippen LogP contribution in [0.4, 0.5) is 0 Å². The van der Waals surface area contributed by atoms with Crippen molar-refractivity contribution in [2.45, 2.75) is 19.4 Å². The van der Waals surface area contributed by atoms with Crippen molar-refractivity contribution in [3.05, 3.63) is 58.1 Å². The number of nitrogens with one attached hydrogen (secondary N) is 1. The van der Waals surface area contributed by atoms with Crippen molar-refractivity contribution in [2.75, 3.05) is 7.11 Å². The van der Waals surface area contributed by atoms with Crippen molar-refractivity contribution in [2.24, 2.45) is 0 Å². The van der Waals surface area contributed by atoms with Crippen LogP contribution in [0.25, 0.3) is 10.9 Å². The van der Waals surface area contributed by atoms with Crippen LogP contribution in [0.15, 0.2) is 34.9 Å². The Morgan fingerprint density at radius 3 is 2.80 bits per heavy atom. The number of fused-ring (bicyclic) bond motifs is 1. The number of aliphatic carboxylic acids is 1. The SMILES string of the molecule is COCc1ccoc1C(=O)c1[nH]c2cc(Cl)ccc2c1C(C)C(=O)O. The Bertz CT molecular complexity index is 956. The van der Waals surface area contributed by atoms with Gasteiger partial charge in [-0.3, -0.25) is 9.59 Å². The molecule has 130 valence electrons. The molecule has 1 atom stereocenters. The molecule has 2 aromatic heterocycles. The van der Waals surface area contributed by atoms with Crippen molar-refractivity contribution in [1.29, 1.82) is 0 Å². The zero-order valence-corrected chi connectivity index (χ0v) is 14.4. The molecule has 0 spiro atoms. The Balaban J connectivity index is 2.20. The maximum Gasteiger partial charge on any atom is 0.310 e. The summed E-state index contributed by atoms with van der Waals surface area (Å²) in [5.74, 6) is -2.21. The van der Waals surface area contributed by atoms with E-state index >= 15 is 0 Å². The number of aromatic amines is 1. The van der Waals surface area contributed by atoms with Crippen LogP contribution in [0.3, 0.4) is 0 Å². The minimum atomic E-state index is -1.03. The molecule has 2 heterocycles. The van der Waals surface area contributed by atoms with Crippen molar-refractivity contribution in [3.63, 3.8) is 0 Å². The summed E-state index contributed by atoms with van der Waals surface area (Å²) in [5, 5.41) is 10.6. The van der Waals surface area contributed by atoms with Crippen LogP contribution in [-0.4, -0.2) is 29.0 Å². The number of hydrogen-bond acceptors (Lipinski definition) is 4. The Morgan fingerprint density at radius 1 is 1.36 bits per heavy atom. The Morgan fingerprint density at radius 2 is 2.12 bits per heavy atom. The number of ketones is 1. The van der Waals surface area contributed by atoms with Gasteiger partial charge in [0.25, 0.3) is 0 Å². The van der Waals surface area contributed by atoms with E-state index in [1.165, 1.54) is 20.3 Å². The smallest absolute Gasteiger partial charge is 0.310 e. The zero-order valence-electron chi connectivity index (χ0n) is 13.6. The number of halogens is 1. The number of benzene rings is 1. The van der Waals surface area contributed by atoms with E-state index in [9.17, 15) is 14.7 Å². The molecule has 0 radical (unpaired) electrons. The molecular weight excluding hydrogens is 346 g/mol. The first-order valence-electron chi connectivity index (χ1n) is 7.58. The molecular formula is C18H16ClNO5. The number of methoxy groups -OCH3 is 1. The number of H-pyrrole nitrogens is 1. The summed E-state index contributed by atoms with van der Waals surface area (Å²) in [6.07, 6.45) is 1.40. The summed E-state index contributed by atoms with van der Waals surface area (Å²) in [5.41, 5.74) is 1.78. The van der Waals surface area contributed by atoms with Gasteiger partial charge in [-0.1, -0.05) is 17.7 Å². The normalized spacial score (nSPS) is 12.4. The second kappa shape index (κ2) is 6.74. The average molecular weight is 362 g/mol. The summed E-state index contributed by atoms with van der Waals surface area (Å²) in [4.78, 5) is 27.5. The topological polar surface area (TPSA) is 92.5 Å². The van der Waals surface area contributed by atoms with Gasteiger partial charge in [0.1, 0.15) is 0 Å². The number of carboxylic acid groups (broad SMARTS) is 1. The van der Waals surface area contributed by atoms with Crippen LogP contribution < -0.4 is 0 Å². The van der Waals surface area contributed by atoms with Crippen molar-refractivity contribution < 1.29 is 23.8 Å². The first kappa shape index (κ1) is 17.3.